The molecule has 0 aromatic heterocycles. The van der Waals surface area contributed by atoms with Gasteiger partial charge in [0.15, 0.2) is 0 Å². The van der Waals surface area contributed by atoms with E-state index in [0.717, 1.165) is 30.4 Å². The fraction of sp³-hybridized carbons (Fsp3) is 0.467. The lowest BCUT2D eigenvalue weighted by Crippen LogP contribution is -2.16. The summed E-state index contributed by atoms with van der Waals surface area (Å²) in [6.45, 7) is 2.03. The lowest BCUT2D eigenvalue weighted by atomic mass is 9.97. The molecule has 0 amide bonds. The molecule has 0 bridgehead atoms. The Hall–Kier alpha value is -1.15. The number of benzene rings is 1. The SMILES string of the molecule is Cc1ccc(F)cc1CC1=CC(N)CCCC1. The van der Waals surface area contributed by atoms with E-state index in [4.69, 9.17) is 5.73 Å². The Kier molecular flexibility index (Phi) is 3.95. The van der Waals surface area contributed by atoms with Crippen molar-refractivity contribution in [1.29, 1.82) is 0 Å². The van der Waals surface area contributed by atoms with Gasteiger partial charge in [0.1, 0.15) is 5.82 Å². The first kappa shape index (κ1) is 12.3. The maximum absolute atomic E-state index is 13.2. The highest BCUT2D eigenvalue weighted by atomic mass is 19.1. The topological polar surface area (TPSA) is 26.0 Å². The lowest BCUT2D eigenvalue weighted by Gasteiger charge is -2.09. The fourth-order valence-corrected chi connectivity index (χ4v) is 2.42. The summed E-state index contributed by atoms with van der Waals surface area (Å²) in [4.78, 5) is 0. The van der Waals surface area contributed by atoms with E-state index >= 15 is 0 Å². The number of halogens is 1. The van der Waals surface area contributed by atoms with Gasteiger partial charge in [-0.25, -0.2) is 4.39 Å². The van der Waals surface area contributed by atoms with Crippen molar-refractivity contribution >= 4 is 0 Å². The molecule has 0 fully saturated rings. The third-order valence-corrected chi connectivity index (χ3v) is 3.46. The Morgan fingerprint density at radius 3 is 3.00 bits per heavy atom. The van der Waals surface area contributed by atoms with Crippen LogP contribution in [0.2, 0.25) is 0 Å². The van der Waals surface area contributed by atoms with Gasteiger partial charge in [0, 0.05) is 6.04 Å². The predicted molar refractivity (Wildman–Crippen MR) is 69.4 cm³/mol. The van der Waals surface area contributed by atoms with Crippen molar-refractivity contribution in [3.63, 3.8) is 0 Å². The zero-order chi connectivity index (χ0) is 12.3. The number of aryl methyl sites for hydroxylation is 1. The highest BCUT2D eigenvalue weighted by Gasteiger charge is 2.10. The van der Waals surface area contributed by atoms with E-state index in [2.05, 4.69) is 6.08 Å². The first-order valence-corrected chi connectivity index (χ1v) is 6.35. The van der Waals surface area contributed by atoms with Crippen LogP contribution in [0.4, 0.5) is 4.39 Å². The van der Waals surface area contributed by atoms with E-state index in [1.165, 1.54) is 24.5 Å². The van der Waals surface area contributed by atoms with Crippen LogP contribution < -0.4 is 5.73 Å². The Balaban J connectivity index is 2.16. The molecule has 0 aliphatic heterocycles. The first-order valence-electron chi connectivity index (χ1n) is 6.35. The van der Waals surface area contributed by atoms with Gasteiger partial charge >= 0.3 is 0 Å². The van der Waals surface area contributed by atoms with Gasteiger partial charge in [-0.3, -0.25) is 0 Å². The minimum atomic E-state index is -0.149. The monoisotopic (exact) mass is 233 g/mol. The second kappa shape index (κ2) is 5.46. The van der Waals surface area contributed by atoms with Gasteiger partial charge in [0.05, 0.1) is 0 Å². The maximum Gasteiger partial charge on any atom is 0.123 e. The Morgan fingerprint density at radius 2 is 2.18 bits per heavy atom. The van der Waals surface area contributed by atoms with Crippen LogP contribution in [0.15, 0.2) is 29.8 Å². The number of allylic oxidation sites excluding steroid dienone is 1. The van der Waals surface area contributed by atoms with E-state index in [0.29, 0.717) is 0 Å². The molecule has 17 heavy (non-hydrogen) atoms. The molecule has 0 radical (unpaired) electrons. The highest BCUT2D eigenvalue weighted by Crippen LogP contribution is 2.22. The molecule has 1 aromatic rings. The molecule has 1 nitrogen and oxygen atoms in total. The quantitative estimate of drug-likeness (QED) is 0.777. The summed E-state index contributed by atoms with van der Waals surface area (Å²) in [5, 5.41) is 0. The van der Waals surface area contributed by atoms with Gasteiger partial charge in [-0.15, -0.1) is 0 Å². The second-order valence-electron chi connectivity index (χ2n) is 4.98. The van der Waals surface area contributed by atoms with E-state index in [1.54, 1.807) is 6.07 Å². The van der Waals surface area contributed by atoms with Crippen LogP contribution >= 0.6 is 0 Å². The largest absolute Gasteiger partial charge is 0.324 e. The molecule has 0 saturated heterocycles. The molecule has 1 aliphatic carbocycles. The van der Waals surface area contributed by atoms with Crippen molar-refractivity contribution in [1.82, 2.24) is 0 Å². The Labute approximate surface area is 103 Å². The second-order valence-corrected chi connectivity index (χ2v) is 4.98. The van der Waals surface area contributed by atoms with Crippen LogP contribution in [0.3, 0.4) is 0 Å². The van der Waals surface area contributed by atoms with Crippen LogP contribution in [-0.2, 0) is 6.42 Å². The first-order chi connectivity index (χ1) is 8.15. The van der Waals surface area contributed by atoms with Crippen molar-refractivity contribution in [3.05, 3.63) is 46.8 Å². The normalized spacial score (nSPS) is 20.9. The van der Waals surface area contributed by atoms with E-state index in [9.17, 15) is 4.39 Å². The molecule has 2 heteroatoms. The molecule has 0 spiro atoms. The lowest BCUT2D eigenvalue weighted by molar-refractivity contribution is 0.625. The molecule has 0 heterocycles. The predicted octanol–water partition coefficient (Wildman–Crippen LogP) is 3.50. The summed E-state index contributed by atoms with van der Waals surface area (Å²) >= 11 is 0. The number of hydrogen-bond donors (Lipinski definition) is 1. The summed E-state index contributed by atoms with van der Waals surface area (Å²) in [5.41, 5.74) is 9.61. The molecule has 2 N–H and O–H groups in total. The van der Waals surface area contributed by atoms with Gasteiger partial charge in [0.2, 0.25) is 0 Å². The summed E-state index contributed by atoms with van der Waals surface area (Å²) in [7, 11) is 0. The molecule has 1 unspecified atom stereocenters. The molecule has 1 atom stereocenters. The average molecular weight is 233 g/mol. The van der Waals surface area contributed by atoms with Gasteiger partial charge < -0.3 is 5.73 Å². The van der Waals surface area contributed by atoms with E-state index in [-0.39, 0.29) is 11.9 Å². The summed E-state index contributed by atoms with van der Waals surface area (Å²) < 4.78 is 13.2. The molecular weight excluding hydrogens is 213 g/mol. The zero-order valence-corrected chi connectivity index (χ0v) is 10.4. The third-order valence-electron chi connectivity index (χ3n) is 3.46. The summed E-state index contributed by atoms with van der Waals surface area (Å²) in [5.74, 6) is -0.149. The number of hydrogen-bond acceptors (Lipinski definition) is 1. The van der Waals surface area contributed by atoms with Crippen LogP contribution in [0.5, 0.6) is 0 Å². The third kappa shape index (κ3) is 3.40. The van der Waals surface area contributed by atoms with Gasteiger partial charge in [-0.05, 0) is 55.9 Å². The van der Waals surface area contributed by atoms with Crippen molar-refractivity contribution in [3.8, 4) is 0 Å². The van der Waals surface area contributed by atoms with Crippen LogP contribution in [0, 0.1) is 12.7 Å². The maximum atomic E-state index is 13.2. The van der Waals surface area contributed by atoms with Crippen LogP contribution in [-0.4, -0.2) is 6.04 Å². The number of nitrogens with two attached hydrogens (primary N) is 1. The van der Waals surface area contributed by atoms with Crippen LogP contribution in [0.25, 0.3) is 0 Å². The van der Waals surface area contributed by atoms with Crippen molar-refractivity contribution in [2.24, 2.45) is 5.73 Å². The molecule has 92 valence electrons. The molecule has 0 saturated carbocycles. The Morgan fingerprint density at radius 1 is 1.35 bits per heavy atom. The van der Waals surface area contributed by atoms with Gasteiger partial charge in [0.25, 0.3) is 0 Å². The standard InChI is InChI=1S/C15H20FN/c1-11-6-7-14(16)10-13(11)8-12-4-2-3-5-15(17)9-12/h6-7,9-10,15H,2-5,8,17H2,1H3. The van der Waals surface area contributed by atoms with Crippen molar-refractivity contribution in [2.75, 3.05) is 0 Å². The van der Waals surface area contributed by atoms with Crippen LogP contribution in [0.1, 0.15) is 36.8 Å². The number of rotatable bonds is 2. The summed E-state index contributed by atoms with van der Waals surface area (Å²) in [6, 6.07) is 5.20. The van der Waals surface area contributed by atoms with Crippen molar-refractivity contribution < 1.29 is 4.39 Å². The molecule has 1 aromatic carbocycles. The van der Waals surface area contributed by atoms with Gasteiger partial charge in [-0.1, -0.05) is 24.1 Å². The smallest absolute Gasteiger partial charge is 0.123 e. The minimum Gasteiger partial charge on any atom is -0.324 e. The fourth-order valence-electron chi connectivity index (χ4n) is 2.42. The highest BCUT2D eigenvalue weighted by molar-refractivity contribution is 5.31. The molecule has 1 aliphatic rings. The van der Waals surface area contributed by atoms with E-state index in [1.807, 2.05) is 13.0 Å². The molecular formula is C15H20FN. The van der Waals surface area contributed by atoms with Crippen molar-refractivity contribution in [2.45, 2.75) is 45.1 Å². The summed E-state index contributed by atoms with van der Waals surface area (Å²) in [6.07, 6.45) is 7.60. The van der Waals surface area contributed by atoms with E-state index < -0.39 is 0 Å². The Bertz CT molecular complexity index is 423. The van der Waals surface area contributed by atoms with Gasteiger partial charge in [-0.2, -0.15) is 0 Å². The average Bonchev–Trinajstić information content (AvgIpc) is 2.48. The minimum absolute atomic E-state index is 0.149. The molecule has 2 rings (SSSR count). The zero-order valence-electron chi connectivity index (χ0n) is 10.4.